The minimum Gasteiger partial charge on any atom is -0.315 e. The van der Waals surface area contributed by atoms with Crippen molar-refractivity contribution in [2.45, 2.75) is 57.8 Å². The van der Waals surface area contributed by atoms with E-state index in [1.165, 1.54) is 22.9 Å². The number of nitrogens with one attached hydrogen (secondary N) is 1. The van der Waals surface area contributed by atoms with Crippen molar-refractivity contribution < 1.29 is 9.18 Å². The topological polar surface area (TPSA) is 87.7 Å². The number of carbonyl (C=O) groups excluding carboxylic acids is 1. The lowest BCUT2D eigenvalue weighted by molar-refractivity contribution is -0.118. The smallest absolute Gasteiger partial charge is 0.227 e. The molecular weight excluding hydrogens is 455 g/mol. The van der Waals surface area contributed by atoms with Crippen LogP contribution in [0, 0.1) is 23.1 Å². The highest BCUT2D eigenvalue weighted by molar-refractivity contribution is 5.93. The van der Waals surface area contributed by atoms with E-state index in [-0.39, 0.29) is 17.1 Å². The van der Waals surface area contributed by atoms with Gasteiger partial charge in [-0.15, -0.1) is 10.2 Å². The summed E-state index contributed by atoms with van der Waals surface area (Å²) in [5.41, 5.74) is 6.04. The summed E-state index contributed by atoms with van der Waals surface area (Å²) < 4.78 is 13.9. The zero-order valence-corrected chi connectivity index (χ0v) is 20.7. The molecule has 3 aliphatic rings. The fourth-order valence-electron chi connectivity index (χ4n) is 7.17. The molecule has 0 radical (unpaired) electrons. The summed E-state index contributed by atoms with van der Waals surface area (Å²) in [7, 11) is 1.84. The van der Waals surface area contributed by atoms with Crippen LogP contribution in [0.15, 0.2) is 42.7 Å². The maximum absolute atomic E-state index is 13.9. The number of pyridine rings is 1. The van der Waals surface area contributed by atoms with Gasteiger partial charge in [-0.05, 0) is 95.7 Å². The highest BCUT2D eigenvalue weighted by Gasteiger charge is 2.52. The number of allylic oxidation sites excluding steroid dienone is 2. The van der Waals surface area contributed by atoms with Gasteiger partial charge in [0.1, 0.15) is 5.82 Å². The van der Waals surface area contributed by atoms with Crippen LogP contribution in [0.4, 0.5) is 10.1 Å². The predicted octanol–water partition coefficient (Wildman–Crippen LogP) is 4.88. The van der Waals surface area contributed by atoms with Crippen LogP contribution in [0.3, 0.4) is 0 Å². The van der Waals surface area contributed by atoms with Crippen molar-refractivity contribution in [1.29, 1.82) is 0 Å². The van der Waals surface area contributed by atoms with E-state index in [0.29, 0.717) is 36.4 Å². The minimum atomic E-state index is -0.269. The zero-order chi connectivity index (χ0) is 24.9. The lowest BCUT2D eigenvalue weighted by Crippen LogP contribution is -2.41. The van der Waals surface area contributed by atoms with Gasteiger partial charge in [-0.3, -0.25) is 9.78 Å². The Morgan fingerprint density at radius 3 is 2.94 bits per heavy atom. The number of rotatable bonds is 5. The lowest BCUT2D eigenvalue weighted by atomic mass is 9.54. The molecule has 0 aliphatic heterocycles. The van der Waals surface area contributed by atoms with Gasteiger partial charge in [-0.25, -0.2) is 4.39 Å². The Labute approximate surface area is 210 Å². The number of aryl methyl sites for hydroxylation is 2. The first-order valence-electron chi connectivity index (χ1n) is 12.9. The molecule has 3 aromatic rings. The number of carbonyl (C=O) groups is 1. The van der Waals surface area contributed by atoms with Crippen molar-refractivity contribution in [3.63, 3.8) is 0 Å². The van der Waals surface area contributed by atoms with Crippen LogP contribution in [-0.4, -0.2) is 38.6 Å². The quantitative estimate of drug-likeness (QED) is 0.555. The highest BCUT2D eigenvalue weighted by Crippen LogP contribution is 2.63. The molecule has 1 aromatic carbocycles. The number of benzene rings is 1. The summed E-state index contributed by atoms with van der Waals surface area (Å²) >= 11 is 0. The van der Waals surface area contributed by atoms with Crippen LogP contribution < -0.4 is 4.90 Å². The summed E-state index contributed by atoms with van der Waals surface area (Å²) in [5, 5.41) is 13.8. The van der Waals surface area contributed by atoms with Gasteiger partial charge >= 0.3 is 0 Å². The van der Waals surface area contributed by atoms with E-state index in [4.69, 9.17) is 0 Å². The molecule has 1 N–H and O–H groups in total. The third kappa shape index (κ3) is 3.83. The minimum absolute atomic E-state index is 0.0401. The molecule has 36 heavy (non-hydrogen) atoms. The van der Waals surface area contributed by atoms with Gasteiger partial charge in [0.25, 0.3) is 0 Å². The molecule has 7 nitrogen and oxygen atoms in total. The molecule has 2 aromatic heterocycles. The Kier molecular flexibility index (Phi) is 5.69. The number of hydrogen-bond acceptors (Lipinski definition) is 5. The van der Waals surface area contributed by atoms with Gasteiger partial charge in [0.05, 0.1) is 6.20 Å². The van der Waals surface area contributed by atoms with Gasteiger partial charge in [0.2, 0.25) is 5.91 Å². The number of halogens is 1. The first-order valence-corrected chi connectivity index (χ1v) is 12.9. The highest BCUT2D eigenvalue weighted by atomic mass is 19.1. The molecule has 1 amide bonds. The number of fused-ring (bicyclic) bond motifs is 5. The second-order valence-corrected chi connectivity index (χ2v) is 10.8. The second kappa shape index (κ2) is 8.91. The molecule has 1 fully saturated rings. The predicted molar refractivity (Wildman–Crippen MR) is 135 cm³/mol. The number of H-pyrrole nitrogens is 1. The third-order valence-corrected chi connectivity index (χ3v) is 9.02. The summed E-state index contributed by atoms with van der Waals surface area (Å²) in [4.78, 5) is 18.6. The Hall–Kier alpha value is -3.42. The van der Waals surface area contributed by atoms with E-state index in [2.05, 4.69) is 56.8 Å². The molecule has 4 atom stereocenters. The average Bonchev–Trinajstić information content (AvgIpc) is 3.53. The fourth-order valence-corrected chi connectivity index (χ4v) is 7.17. The summed E-state index contributed by atoms with van der Waals surface area (Å²) in [6, 6.07) is 8.20. The van der Waals surface area contributed by atoms with Crippen molar-refractivity contribution in [2.75, 3.05) is 11.9 Å². The fraction of sp³-hybridized carbons (Fsp3) is 0.464. The Balaban J connectivity index is 1.19. The standard InChI is InChI=1S/C28H31FN6O/c1-28-12-11-22-21-6-4-20(35(2)27(36)10-9-26-31-33-34-32-26)14-17(21)3-5-23(22)25(28)8-7-24(28)18-13-19(29)16-30-15-18/h4,6-7,13-16,22-23,25H,3,5,8-12H2,1-2H3,(H,31,32,33,34)/t22?,23?,25?,28-/m1/s1. The van der Waals surface area contributed by atoms with Crippen molar-refractivity contribution in [3.8, 4) is 0 Å². The van der Waals surface area contributed by atoms with E-state index >= 15 is 0 Å². The van der Waals surface area contributed by atoms with Gasteiger partial charge in [-0.2, -0.15) is 5.21 Å². The molecule has 6 rings (SSSR count). The number of aromatic nitrogens is 5. The van der Waals surface area contributed by atoms with Crippen molar-refractivity contribution in [1.82, 2.24) is 25.6 Å². The molecular formula is C28H31FN6O. The monoisotopic (exact) mass is 486 g/mol. The molecule has 3 aliphatic carbocycles. The molecule has 3 unspecified atom stereocenters. The molecule has 8 heteroatoms. The number of anilines is 1. The molecule has 0 saturated heterocycles. The second-order valence-electron chi connectivity index (χ2n) is 10.8. The third-order valence-electron chi connectivity index (χ3n) is 9.02. The Morgan fingerprint density at radius 1 is 1.25 bits per heavy atom. The first kappa shape index (κ1) is 23.0. The van der Waals surface area contributed by atoms with E-state index in [0.717, 1.165) is 43.4 Å². The molecule has 186 valence electrons. The summed E-state index contributed by atoms with van der Waals surface area (Å²) in [5.74, 6) is 2.05. The summed E-state index contributed by atoms with van der Waals surface area (Å²) in [6.07, 6.45) is 11.7. The lowest BCUT2D eigenvalue weighted by Gasteiger charge is -2.50. The number of amides is 1. The van der Waals surface area contributed by atoms with E-state index in [1.54, 1.807) is 11.0 Å². The van der Waals surface area contributed by atoms with Crippen LogP contribution in [0.2, 0.25) is 0 Å². The van der Waals surface area contributed by atoms with Crippen molar-refractivity contribution in [2.24, 2.45) is 17.3 Å². The molecule has 0 spiro atoms. The van der Waals surface area contributed by atoms with Crippen LogP contribution in [0.5, 0.6) is 0 Å². The van der Waals surface area contributed by atoms with Gasteiger partial charge in [0, 0.05) is 31.8 Å². The van der Waals surface area contributed by atoms with E-state index < -0.39 is 0 Å². The maximum Gasteiger partial charge on any atom is 0.227 e. The van der Waals surface area contributed by atoms with Crippen molar-refractivity contribution in [3.05, 3.63) is 71.1 Å². The Bertz CT molecular complexity index is 1320. The number of nitrogens with zero attached hydrogens (tertiary/aromatic N) is 5. The van der Waals surface area contributed by atoms with Crippen molar-refractivity contribution >= 4 is 17.2 Å². The summed E-state index contributed by atoms with van der Waals surface area (Å²) in [6.45, 7) is 2.38. The largest absolute Gasteiger partial charge is 0.315 e. The number of hydrogen-bond donors (Lipinski definition) is 1. The van der Waals surface area contributed by atoms with E-state index in [1.807, 2.05) is 13.2 Å². The van der Waals surface area contributed by atoms with Crippen LogP contribution in [-0.2, 0) is 17.6 Å². The van der Waals surface area contributed by atoms with Gasteiger partial charge < -0.3 is 4.90 Å². The van der Waals surface area contributed by atoms with Crippen LogP contribution in [0.1, 0.15) is 67.5 Å². The van der Waals surface area contributed by atoms with Crippen LogP contribution >= 0.6 is 0 Å². The number of tetrazole rings is 1. The molecule has 0 bridgehead atoms. The normalized spacial score (nSPS) is 26.5. The number of aromatic amines is 1. The molecule has 1 saturated carbocycles. The SMILES string of the molecule is CN(C(=O)CCc1nn[nH]n1)c1ccc2c(c1)CCC1C2CC[C@]2(C)C(c3cncc(F)c3)=CCC12. The van der Waals surface area contributed by atoms with Gasteiger partial charge in [-0.1, -0.05) is 24.3 Å². The average molecular weight is 487 g/mol. The Morgan fingerprint density at radius 2 is 2.14 bits per heavy atom. The maximum atomic E-state index is 13.9. The zero-order valence-electron chi connectivity index (χ0n) is 20.7. The van der Waals surface area contributed by atoms with Crippen LogP contribution in [0.25, 0.3) is 5.57 Å². The molecule has 2 heterocycles. The van der Waals surface area contributed by atoms with Gasteiger partial charge in [0.15, 0.2) is 5.82 Å². The van der Waals surface area contributed by atoms with E-state index in [9.17, 15) is 9.18 Å². The first-order chi connectivity index (χ1) is 17.4.